The van der Waals surface area contributed by atoms with Crippen LogP contribution in [0.3, 0.4) is 0 Å². The first-order chi connectivity index (χ1) is 10.1. The molecule has 0 unspecified atom stereocenters. The van der Waals surface area contributed by atoms with E-state index in [0.29, 0.717) is 12.3 Å². The van der Waals surface area contributed by atoms with Crippen molar-refractivity contribution < 1.29 is 14.3 Å². The molecule has 0 heterocycles. The van der Waals surface area contributed by atoms with E-state index in [2.05, 4.69) is 12.1 Å². The number of hydrogen-bond acceptors (Lipinski definition) is 3. The standard InChI is InChI=1S/C18H26O3/c1-4-18(19)21-17-11-6-5-10-16(17)14-8-7-9-15(12-14)20-13(2)3/h7-9,12-13,16-17H,4-6,10-11H2,1-3H3/t16-,17+/m0/s1. The molecule has 3 heteroatoms. The third-order valence-electron chi connectivity index (χ3n) is 3.93. The van der Waals surface area contributed by atoms with Gasteiger partial charge in [-0.25, -0.2) is 0 Å². The van der Waals surface area contributed by atoms with Gasteiger partial charge in [0.25, 0.3) is 0 Å². The highest BCUT2D eigenvalue weighted by molar-refractivity contribution is 5.69. The second-order valence-electron chi connectivity index (χ2n) is 6.01. The third kappa shape index (κ3) is 4.48. The van der Waals surface area contributed by atoms with E-state index in [1.807, 2.05) is 32.9 Å². The van der Waals surface area contributed by atoms with Crippen molar-refractivity contribution in [2.24, 2.45) is 0 Å². The summed E-state index contributed by atoms with van der Waals surface area (Å²) in [5.41, 5.74) is 1.22. The molecule has 0 amide bonds. The van der Waals surface area contributed by atoms with Crippen LogP contribution >= 0.6 is 0 Å². The lowest BCUT2D eigenvalue weighted by Crippen LogP contribution is -2.28. The van der Waals surface area contributed by atoms with E-state index in [1.165, 1.54) is 12.0 Å². The summed E-state index contributed by atoms with van der Waals surface area (Å²) in [6, 6.07) is 8.23. The van der Waals surface area contributed by atoms with E-state index in [9.17, 15) is 4.79 Å². The molecular formula is C18H26O3. The Morgan fingerprint density at radius 2 is 2.05 bits per heavy atom. The molecule has 2 rings (SSSR count). The first-order valence-electron chi connectivity index (χ1n) is 8.06. The molecule has 0 spiro atoms. The lowest BCUT2D eigenvalue weighted by molar-refractivity contribution is -0.151. The normalized spacial score (nSPS) is 22.1. The van der Waals surface area contributed by atoms with E-state index < -0.39 is 0 Å². The van der Waals surface area contributed by atoms with Gasteiger partial charge in [-0.15, -0.1) is 0 Å². The maximum absolute atomic E-state index is 11.6. The fraction of sp³-hybridized carbons (Fsp3) is 0.611. The summed E-state index contributed by atoms with van der Waals surface area (Å²) in [6.45, 7) is 5.90. The van der Waals surface area contributed by atoms with Crippen molar-refractivity contribution >= 4 is 5.97 Å². The van der Waals surface area contributed by atoms with E-state index in [0.717, 1.165) is 25.0 Å². The van der Waals surface area contributed by atoms with Crippen LogP contribution in [0.25, 0.3) is 0 Å². The zero-order chi connectivity index (χ0) is 15.2. The zero-order valence-electron chi connectivity index (χ0n) is 13.3. The molecule has 0 N–H and O–H groups in total. The molecule has 1 aliphatic carbocycles. The summed E-state index contributed by atoms with van der Waals surface area (Å²) >= 11 is 0. The van der Waals surface area contributed by atoms with Gasteiger partial charge in [0.1, 0.15) is 11.9 Å². The summed E-state index contributed by atoms with van der Waals surface area (Å²) < 4.78 is 11.4. The molecule has 1 saturated carbocycles. The smallest absolute Gasteiger partial charge is 0.305 e. The van der Waals surface area contributed by atoms with Crippen molar-refractivity contribution in [3.8, 4) is 5.75 Å². The van der Waals surface area contributed by atoms with E-state index in [-0.39, 0.29) is 18.2 Å². The summed E-state index contributed by atoms with van der Waals surface area (Å²) in [7, 11) is 0. The Kier molecular flexibility index (Phi) is 5.66. The van der Waals surface area contributed by atoms with Gasteiger partial charge in [0.2, 0.25) is 0 Å². The molecule has 0 saturated heterocycles. The molecule has 1 fully saturated rings. The topological polar surface area (TPSA) is 35.5 Å². The summed E-state index contributed by atoms with van der Waals surface area (Å²) in [4.78, 5) is 11.6. The van der Waals surface area contributed by atoms with Crippen LogP contribution in [0, 0.1) is 0 Å². The second-order valence-corrected chi connectivity index (χ2v) is 6.01. The van der Waals surface area contributed by atoms with Crippen LogP contribution in [0.2, 0.25) is 0 Å². The van der Waals surface area contributed by atoms with Crippen LogP contribution < -0.4 is 4.74 Å². The largest absolute Gasteiger partial charge is 0.491 e. The predicted octanol–water partition coefficient (Wildman–Crippen LogP) is 4.45. The molecule has 0 radical (unpaired) electrons. The summed E-state index contributed by atoms with van der Waals surface area (Å²) in [5.74, 6) is 1.10. The van der Waals surface area contributed by atoms with Crippen molar-refractivity contribution in [3.63, 3.8) is 0 Å². The molecule has 2 atom stereocenters. The molecule has 1 aromatic rings. The number of esters is 1. The van der Waals surface area contributed by atoms with Gasteiger partial charge < -0.3 is 9.47 Å². The Labute approximate surface area is 127 Å². The SMILES string of the molecule is CCC(=O)O[C@@H]1CCCC[C@H]1c1cccc(OC(C)C)c1. The van der Waals surface area contributed by atoms with Gasteiger partial charge >= 0.3 is 5.97 Å². The van der Waals surface area contributed by atoms with Crippen LogP contribution in [-0.4, -0.2) is 18.2 Å². The van der Waals surface area contributed by atoms with Crippen LogP contribution in [0.5, 0.6) is 5.75 Å². The Morgan fingerprint density at radius 1 is 1.29 bits per heavy atom. The highest BCUT2D eigenvalue weighted by Gasteiger charge is 2.29. The Bertz CT molecular complexity index is 467. The van der Waals surface area contributed by atoms with Gasteiger partial charge in [0.15, 0.2) is 0 Å². The highest BCUT2D eigenvalue weighted by Crippen LogP contribution is 2.36. The second kappa shape index (κ2) is 7.48. The summed E-state index contributed by atoms with van der Waals surface area (Å²) in [6.07, 6.45) is 5.00. The molecular weight excluding hydrogens is 264 g/mol. The molecule has 0 aliphatic heterocycles. The van der Waals surface area contributed by atoms with Crippen LogP contribution in [0.1, 0.15) is 64.4 Å². The molecule has 1 aliphatic rings. The average molecular weight is 290 g/mol. The van der Waals surface area contributed by atoms with E-state index >= 15 is 0 Å². The van der Waals surface area contributed by atoms with Crippen LogP contribution in [0.4, 0.5) is 0 Å². The Hall–Kier alpha value is -1.51. The monoisotopic (exact) mass is 290 g/mol. The van der Waals surface area contributed by atoms with E-state index in [4.69, 9.17) is 9.47 Å². The maximum Gasteiger partial charge on any atom is 0.305 e. The highest BCUT2D eigenvalue weighted by atomic mass is 16.5. The van der Waals surface area contributed by atoms with Gasteiger partial charge in [-0.3, -0.25) is 4.79 Å². The van der Waals surface area contributed by atoms with Gasteiger partial charge in [-0.2, -0.15) is 0 Å². The van der Waals surface area contributed by atoms with E-state index in [1.54, 1.807) is 0 Å². The number of carbonyl (C=O) groups excluding carboxylic acids is 1. The van der Waals surface area contributed by atoms with Gasteiger partial charge in [-0.1, -0.05) is 25.5 Å². The average Bonchev–Trinajstić information content (AvgIpc) is 2.47. The number of benzene rings is 1. The van der Waals surface area contributed by atoms with Crippen LogP contribution in [-0.2, 0) is 9.53 Å². The molecule has 0 aromatic heterocycles. The Balaban J connectivity index is 2.14. The molecule has 3 nitrogen and oxygen atoms in total. The number of rotatable bonds is 5. The fourth-order valence-electron chi connectivity index (χ4n) is 2.96. The van der Waals surface area contributed by atoms with Gasteiger partial charge in [-0.05, 0) is 50.8 Å². The minimum absolute atomic E-state index is 0.0144. The first kappa shape index (κ1) is 15.9. The number of hydrogen-bond donors (Lipinski definition) is 0. The van der Waals surface area contributed by atoms with Gasteiger partial charge in [0.05, 0.1) is 6.10 Å². The Morgan fingerprint density at radius 3 is 2.76 bits per heavy atom. The number of carbonyl (C=O) groups is 1. The third-order valence-corrected chi connectivity index (χ3v) is 3.93. The maximum atomic E-state index is 11.6. The van der Waals surface area contributed by atoms with Crippen molar-refractivity contribution in [2.45, 2.75) is 71.0 Å². The minimum Gasteiger partial charge on any atom is -0.491 e. The molecule has 21 heavy (non-hydrogen) atoms. The van der Waals surface area contributed by atoms with Crippen molar-refractivity contribution in [1.82, 2.24) is 0 Å². The first-order valence-corrected chi connectivity index (χ1v) is 8.06. The van der Waals surface area contributed by atoms with Crippen molar-refractivity contribution in [2.75, 3.05) is 0 Å². The zero-order valence-corrected chi connectivity index (χ0v) is 13.3. The lowest BCUT2D eigenvalue weighted by atomic mass is 9.81. The summed E-state index contributed by atoms with van der Waals surface area (Å²) in [5, 5.41) is 0. The number of ether oxygens (including phenoxy) is 2. The van der Waals surface area contributed by atoms with Crippen molar-refractivity contribution in [3.05, 3.63) is 29.8 Å². The molecule has 0 bridgehead atoms. The quantitative estimate of drug-likeness (QED) is 0.751. The lowest BCUT2D eigenvalue weighted by Gasteiger charge is -2.31. The predicted molar refractivity (Wildman–Crippen MR) is 83.6 cm³/mol. The van der Waals surface area contributed by atoms with Crippen LogP contribution in [0.15, 0.2) is 24.3 Å². The fourth-order valence-corrected chi connectivity index (χ4v) is 2.96. The molecule has 116 valence electrons. The molecule has 1 aromatic carbocycles. The van der Waals surface area contributed by atoms with Gasteiger partial charge in [0, 0.05) is 12.3 Å². The van der Waals surface area contributed by atoms with Crippen molar-refractivity contribution in [1.29, 1.82) is 0 Å². The minimum atomic E-state index is -0.0958.